The maximum absolute atomic E-state index is 12.7. The predicted octanol–water partition coefficient (Wildman–Crippen LogP) is 2.09. The number of nitrogens with one attached hydrogen (secondary N) is 1. The molecule has 0 saturated carbocycles. The van der Waals surface area contributed by atoms with E-state index in [9.17, 15) is 13.2 Å². The van der Waals surface area contributed by atoms with E-state index in [-0.39, 0.29) is 41.3 Å². The number of esters is 1. The molecule has 1 aromatic heterocycles. The van der Waals surface area contributed by atoms with E-state index in [2.05, 4.69) is 9.46 Å². The van der Waals surface area contributed by atoms with Crippen molar-refractivity contribution in [3.05, 3.63) is 17.6 Å². The van der Waals surface area contributed by atoms with E-state index in [1.54, 1.807) is 13.8 Å². The lowest BCUT2D eigenvalue weighted by atomic mass is 9.92. The number of sulfonamides is 1. The van der Waals surface area contributed by atoms with Crippen molar-refractivity contribution < 1.29 is 22.4 Å². The van der Waals surface area contributed by atoms with Gasteiger partial charge in [0.2, 0.25) is 15.8 Å². The number of furan rings is 1. The summed E-state index contributed by atoms with van der Waals surface area (Å²) in [6.45, 7) is 7.65. The topological polar surface area (TPSA) is 112 Å². The molecular formula is C15H27ClN2O5S. The molecule has 0 aromatic carbocycles. The summed E-state index contributed by atoms with van der Waals surface area (Å²) >= 11 is 0. The van der Waals surface area contributed by atoms with Gasteiger partial charge in [0.25, 0.3) is 0 Å². The van der Waals surface area contributed by atoms with Gasteiger partial charge in [-0.1, -0.05) is 20.8 Å². The molecule has 140 valence electrons. The molecular weight excluding hydrogens is 356 g/mol. The van der Waals surface area contributed by atoms with Crippen LogP contribution in [0.25, 0.3) is 0 Å². The SMILES string of the molecule is CCc1oc(C(=O)OC)cc1S(=O)(=O)NC(C)(CN)CC(C)C.Cl. The smallest absolute Gasteiger partial charge is 0.373 e. The average molecular weight is 383 g/mol. The molecule has 1 rings (SSSR count). The Morgan fingerprint density at radius 2 is 2.04 bits per heavy atom. The Kier molecular flexibility index (Phi) is 8.44. The molecule has 1 heterocycles. The quantitative estimate of drug-likeness (QED) is 0.666. The highest BCUT2D eigenvalue weighted by Gasteiger charge is 2.33. The van der Waals surface area contributed by atoms with Gasteiger partial charge in [0.05, 0.1) is 7.11 Å². The van der Waals surface area contributed by atoms with Crippen molar-refractivity contribution in [1.29, 1.82) is 0 Å². The van der Waals surface area contributed by atoms with Crippen molar-refractivity contribution in [2.75, 3.05) is 13.7 Å². The van der Waals surface area contributed by atoms with E-state index in [1.165, 1.54) is 13.2 Å². The van der Waals surface area contributed by atoms with Crippen LogP contribution < -0.4 is 10.5 Å². The highest BCUT2D eigenvalue weighted by atomic mass is 35.5. The van der Waals surface area contributed by atoms with Gasteiger partial charge >= 0.3 is 5.97 Å². The minimum Gasteiger partial charge on any atom is -0.463 e. The number of rotatable bonds is 8. The summed E-state index contributed by atoms with van der Waals surface area (Å²) in [7, 11) is -2.67. The molecule has 3 N–H and O–H groups in total. The molecule has 24 heavy (non-hydrogen) atoms. The lowest BCUT2D eigenvalue weighted by molar-refractivity contribution is 0.0563. The van der Waals surface area contributed by atoms with Crippen LogP contribution in [0.1, 0.15) is 50.4 Å². The Morgan fingerprint density at radius 1 is 1.46 bits per heavy atom. The Balaban J connectivity index is 0.00000529. The summed E-state index contributed by atoms with van der Waals surface area (Å²) in [5, 5.41) is 0. The molecule has 0 radical (unpaired) electrons. The molecule has 0 aliphatic heterocycles. The lowest BCUT2D eigenvalue weighted by Crippen LogP contribution is -2.52. The van der Waals surface area contributed by atoms with Crippen LogP contribution in [0.4, 0.5) is 0 Å². The van der Waals surface area contributed by atoms with Crippen LogP contribution in [0.3, 0.4) is 0 Å². The summed E-state index contributed by atoms with van der Waals surface area (Å²) in [5.74, 6) is -0.373. The summed E-state index contributed by atoms with van der Waals surface area (Å²) in [6, 6.07) is 1.19. The minimum atomic E-state index is -3.87. The second kappa shape index (κ2) is 8.84. The maximum Gasteiger partial charge on any atom is 0.373 e. The van der Waals surface area contributed by atoms with Gasteiger partial charge in [-0.3, -0.25) is 0 Å². The molecule has 7 nitrogen and oxygen atoms in total. The minimum absolute atomic E-state index is 0. The summed E-state index contributed by atoms with van der Waals surface area (Å²) in [4.78, 5) is 11.5. The molecule has 1 atom stereocenters. The van der Waals surface area contributed by atoms with Gasteiger partial charge in [-0.15, -0.1) is 12.4 Å². The number of halogens is 1. The Labute approximate surface area is 149 Å². The third-order valence-electron chi connectivity index (χ3n) is 3.46. The van der Waals surface area contributed by atoms with Gasteiger partial charge in [0.15, 0.2) is 0 Å². The van der Waals surface area contributed by atoms with E-state index in [0.29, 0.717) is 12.8 Å². The van der Waals surface area contributed by atoms with Gasteiger partial charge in [-0.2, -0.15) is 0 Å². The fourth-order valence-electron chi connectivity index (χ4n) is 2.53. The Morgan fingerprint density at radius 3 is 2.46 bits per heavy atom. The molecule has 0 bridgehead atoms. The third-order valence-corrected chi connectivity index (χ3v) is 5.14. The molecule has 1 aromatic rings. The lowest BCUT2D eigenvalue weighted by Gasteiger charge is -2.30. The largest absolute Gasteiger partial charge is 0.463 e. The van der Waals surface area contributed by atoms with Gasteiger partial charge in [-0.05, 0) is 19.3 Å². The van der Waals surface area contributed by atoms with Crippen molar-refractivity contribution in [2.24, 2.45) is 11.7 Å². The highest BCUT2D eigenvalue weighted by Crippen LogP contribution is 2.25. The highest BCUT2D eigenvalue weighted by molar-refractivity contribution is 7.89. The van der Waals surface area contributed by atoms with Crippen molar-refractivity contribution >= 4 is 28.4 Å². The number of methoxy groups -OCH3 is 1. The zero-order valence-corrected chi connectivity index (χ0v) is 16.3. The van der Waals surface area contributed by atoms with E-state index >= 15 is 0 Å². The molecule has 0 aliphatic rings. The number of nitrogens with two attached hydrogens (primary N) is 1. The first-order valence-corrected chi connectivity index (χ1v) is 9.02. The van der Waals surface area contributed by atoms with E-state index in [0.717, 1.165) is 0 Å². The maximum atomic E-state index is 12.7. The Bertz CT molecular complexity index is 657. The van der Waals surface area contributed by atoms with Crippen LogP contribution in [-0.2, 0) is 21.2 Å². The first-order valence-electron chi connectivity index (χ1n) is 7.53. The second-order valence-electron chi connectivity index (χ2n) is 6.21. The summed E-state index contributed by atoms with van der Waals surface area (Å²) in [5.41, 5.74) is 4.98. The van der Waals surface area contributed by atoms with Gasteiger partial charge < -0.3 is 14.9 Å². The molecule has 0 amide bonds. The van der Waals surface area contributed by atoms with Crippen LogP contribution in [0.2, 0.25) is 0 Å². The van der Waals surface area contributed by atoms with E-state index < -0.39 is 21.5 Å². The molecule has 0 aliphatic carbocycles. The second-order valence-corrected chi connectivity index (χ2v) is 7.86. The van der Waals surface area contributed by atoms with Gasteiger partial charge in [0, 0.05) is 24.6 Å². The van der Waals surface area contributed by atoms with Crippen LogP contribution in [0.15, 0.2) is 15.4 Å². The molecule has 0 fully saturated rings. The normalized spacial score (nSPS) is 14.1. The van der Waals surface area contributed by atoms with Crippen LogP contribution in [0.5, 0.6) is 0 Å². The first kappa shape index (κ1) is 22.9. The number of carbonyl (C=O) groups excluding carboxylic acids is 1. The number of carbonyl (C=O) groups is 1. The van der Waals surface area contributed by atoms with E-state index in [1.807, 2.05) is 13.8 Å². The van der Waals surface area contributed by atoms with Crippen LogP contribution >= 0.6 is 12.4 Å². The fraction of sp³-hybridized carbons (Fsp3) is 0.667. The number of hydrogen-bond donors (Lipinski definition) is 2. The fourth-order valence-corrected chi connectivity index (χ4v) is 4.21. The monoisotopic (exact) mass is 382 g/mol. The molecule has 0 saturated heterocycles. The summed E-state index contributed by atoms with van der Waals surface area (Å²) in [6.07, 6.45) is 0.919. The van der Waals surface area contributed by atoms with Gasteiger partial charge in [0.1, 0.15) is 10.7 Å². The van der Waals surface area contributed by atoms with Crippen molar-refractivity contribution in [2.45, 2.75) is 51.0 Å². The third kappa shape index (κ3) is 5.47. The van der Waals surface area contributed by atoms with Crippen molar-refractivity contribution in [1.82, 2.24) is 4.72 Å². The van der Waals surface area contributed by atoms with E-state index in [4.69, 9.17) is 10.2 Å². The standard InChI is InChI=1S/C15H26N2O5S.ClH/c1-6-11-13(7-12(22-11)14(18)21-5)23(19,20)17-15(4,9-16)8-10(2)3;/h7,10,17H,6,8-9,16H2,1-5H3;1H. The van der Waals surface area contributed by atoms with Crippen molar-refractivity contribution in [3.8, 4) is 0 Å². The van der Waals surface area contributed by atoms with Crippen LogP contribution in [-0.4, -0.2) is 33.6 Å². The average Bonchev–Trinajstić information content (AvgIpc) is 2.90. The zero-order chi connectivity index (χ0) is 17.8. The van der Waals surface area contributed by atoms with Crippen molar-refractivity contribution in [3.63, 3.8) is 0 Å². The van der Waals surface area contributed by atoms with Gasteiger partial charge in [-0.25, -0.2) is 17.9 Å². The number of aryl methyl sites for hydroxylation is 1. The molecule has 9 heteroatoms. The number of ether oxygens (including phenoxy) is 1. The number of hydrogen-bond acceptors (Lipinski definition) is 6. The predicted molar refractivity (Wildman–Crippen MR) is 93.9 cm³/mol. The van der Waals surface area contributed by atoms with Crippen LogP contribution in [0, 0.1) is 5.92 Å². The zero-order valence-electron chi connectivity index (χ0n) is 14.7. The summed E-state index contributed by atoms with van der Waals surface area (Å²) < 4.78 is 37.9. The first-order chi connectivity index (χ1) is 10.6. The molecule has 1 unspecified atom stereocenters. The Hall–Kier alpha value is -1.09. The molecule has 0 spiro atoms.